The minimum absolute atomic E-state index is 0.395. The molecule has 19 heavy (non-hydrogen) atoms. The molecule has 2 fully saturated rings. The van der Waals surface area contributed by atoms with Crippen molar-refractivity contribution >= 4 is 18.0 Å². The molecule has 0 N–H and O–H groups in total. The van der Waals surface area contributed by atoms with E-state index in [2.05, 4.69) is 4.74 Å². The molecular weight excluding hydrogens is 250 g/mol. The van der Waals surface area contributed by atoms with E-state index in [0.717, 1.165) is 0 Å². The first-order valence-electron chi connectivity index (χ1n) is 6.51. The molecule has 0 saturated carbocycles. The van der Waals surface area contributed by atoms with Crippen molar-refractivity contribution in [2.75, 3.05) is 13.1 Å². The van der Waals surface area contributed by atoms with Gasteiger partial charge in [-0.2, -0.15) is 0 Å². The molecule has 2 atom stereocenters. The van der Waals surface area contributed by atoms with E-state index in [1.807, 2.05) is 0 Å². The maximum atomic E-state index is 12.0. The van der Waals surface area contributed by atoms with Crippen molar-refractivity contribution in [2.45, 2.75) is 39.2 Å². The molecule has 0 radical (unpaired) electrons. The molecule has 0 bridgehead atoms. The third-order valence-electron chi connectivity index (χ3n) is 3.36. The lowest BCUT2D eigenvalue weighted by Gasteiger charge is -2.26. The van der Waals surface area contributed by atoms with Gasteiger partial charge in [0.15, 0.2) is 0 Å². The molecule has 6 heteroatoms. The van der Waals surface area contributed by atoms with Crippen molar-refractivity contribution in [3.8, 4) is 0 Å². The number of amides is 1. The Balaban J connectivity index is 2.00. The Hall–Kier alpha value is -1.59. The Bertz CT molecular complexity index is 388. The summed E-state index contributed by atoms with van der Waals surface area (Å²) in [6.45, 7) is 6.24. The molecule has 2 saturated heterocycles. The van der Waals surface area contributed by atoms with Gasteiger partial charge >= 0.3 is 18.0 Å². The van der Waals surface area contributed by atoms with Gasteiger partial charge in [-0.25, -0.2) is 4.79 Å². The highest BCUT2D eigenvalue weighted by Crippen LogP contribution is 2.32. The van der Waals surface area contributed by atoms with Crippen LogP contribution in [0.3, 0.4) is 0 Å². The number of rotatable bonds is 0. The number of esters is 2. The number of ether oxygens (including phenoxy) is 2. The highest BCUT2D eigenvalue weighted by molar-refractivity contribution is 5.96. The summed E-state index contributed by atoms with van der Waals surface area (Å²) < 4.78 is 9.92. The average molecular weight is 269 g/mol. The Kier molecular flexibility index (Phi) is 3.52. The second kappa shape index (κ2) is 4.83. The van der Waals surface area contributed by atoms with Crippen LogP contribution in [0.5, 0.6) is 0 Å². The van der Waals surface area contributed by atoms with E-state index < -0.39 is 35.5 Å². The molecule has 2 heterocycles. The number of hydrogen-bond acceptors (Lipinski definition) is 5. The van der Waals surface area contributed by atoms with Crippen molar-refractivity contribution in [1.29, 1.82) is 0 Å². The molecule has 2 rings (SSSR count). The largest absolute Gasteiger partial charge is 0.444 e. The van der Waals surface area contributed by atoms with E-state index in [1.54, 1.807) is 25.7 Å². The van der Waals surface area contributed by atoms with Crippen molar-refractivity contribution in [3.05, 3.63) is 0 Å². The molecule has 106 valence electrons. The fourth-order valence-corrected chi connectivity index (χ4v) is 2.43. The molecular formula is C13H19NO5. The SMILES string of the molecule is CC(C)(C)OC(=O)N1CCC2C(=O)OC(=O)C2CC1. The van der Waals surface area contributed by atoms with Crippen LogP contribution < -0.4 is 0 Å². The van der Waals surface area contributed by atoms with E-state index in [1.165, 1.54) is 0 Å². The smallest absolute Gasteiger partial charge is 0.410 e. The number of likely N-dealkylation sites (tertiary alicyclic amines) is 1. The monoisotopic (exact) mass is 269 g/mol. The van der Waals surface area contributed by atoms with Crippen LogP contribution in [0.2, 0.25) is 0 Å². The molecule has 6 nitrogen and oxygen atoms in total. The number of nitrogens with zero attached hydrogens (tertiary/aromatic N) is 1. The van der Waals surface area contributed by atoms with Gasteiger partial charge in [0, 0.05) is 13.1 Å². The van der Waals surface area contributed by atoms with Gasteiger partial charge in [0.05, 0.1) is 11.8 Å². The van der Waals surface area contributed by atoms with Crippen LogP contribution in [0.25, 0.3) is 0 Å². The summed E-state index contributed by atoms with van der Waals surface area (Å²) >= 11 is 0. The van der Waals surface area contributed by atoms with Gasteiger partial charge in [-0.15, -0.1) is 0 Å². The number of cyclic esters (lactones) is 2. The quantitative estimate of drug-likeness (QED) is 0.490. The summed E-state index contributed by atoms with van der Waals surface area (Å²) in [4.78, 5) is 36.5. The maximum absolute atomic E-state index is 12.0. The standard InChI is InChI=1S/C13H19NO5/c1-13(2,3)19-12(17)14-6-4-8-9(5-7-14)11(16)18-10(8)15/h8-9H,4-7H2,1-3H3. The Morgan fingerprint density at radius 1 is 1.16 bits per heavy atom. The van der Waals surface area contributed by atoms with Crippen LogP contribution in [0.4, 0.5) is 4.79 Å². The molecule has 0 aromatic carbocycles. The highest BCUT2D eigenvalue weighted by Gasteiger charge is 2.45. The molecule has 0 aliphatic carbocycles. The van der Waals surface area contributed by atoms with Crippen LogP contribution >= 0.6 is 0 Å². The lowest BCUT2D eigenvalue weighted by Crippen LogP contribution is -2.37. The van der Waals surface area contributed by atoms with Crippen molar-refractivity contribution in [2.24, 2.45) is 11.8 Å². The lowest BCUT2D eigenvalue weighted by molar-refractivity contribution is -0.154. The van der Waals surface area contributed by atoms with Gasteiger partial charge in [0.25, 0.3) is 0 Å². The normalized spacial score (nSPS) is 27.6. The molecule has 2 aliphatic rings. The first kappa shape index (κ1) is 13.8. The predicted octanol–water partition coefficient (Wildman–Crippen LogP) is 1.33. The summed E-state index contributed by atoms with van der Waals surface area (Å²) in [5, 5.41) is 0. The Morgan fingerprint density at radius 3 is 2.05 bits per heavy atom. The number of carbonyl (C=O) groups is 3. The van der Waals surface area contributed by atoms with E-state index >= 15 is 0 Å². The predicted molar refractivity (Wildman–Crippen MR) is 65.1 cm³/mol. The zero-order valence-corrected chi connectivity index (χ0v) is 11.5. The first-order chi connectivity index (χ1) is 8.78. The van der Waals surface area contributed by atoms with Crippen molar-refractivity contribution < 1.29 is 23.9 Å². The number of carbonyl (C=O) groups excluding carboxylic acids is 3. The maximum Gasteiger partial charge on any atom is 0.410 e. The zero-order valence-electron chi connectivity index (χ0n) is 11.5. The lowest BCUT2D eigenvalue weighted by atomic mass is 9.91. The van der Waals surface area contributed by atoms with E-state index in [9.17, 15) is 14.4 Å². The van der Waals surface area contributed by atoms with Gasteiger partial charge in [0.2, 0.25) is 0 Å². The van der Waals surface area contributed by atoms with E-state index in [-0.39, 0.29) is 0 Å². The summed E-state index contributed by atoms with van der Waals surface area (Å²) in [7, 11) is 0. The summed E-state index contributed by atoms with van der Waals surface area (Å²) in [6.07, 6.45) is 0.511. The van der Waals surface area contributed by atoms with Gasteiger partial charge in [-0.1, -0.05) is 0 Å². The molecule has 0 aromatic rings. The van der Waals surface area contributed by atoms with Crippen LogP contribution in [0, 0.1) is 11.8 Å². The Morgan fingerprint density at radius 2 is 1.63 bits per heavy atom. The summed E-state index contributed by atoms with van der Waals surface area (Å²) in [6, 6.07) is 0. The second-order valence-corrected chi connectivity index (χ2v) is 6.00. The minimum Gasteiger partial charge on any atom is -0.444 e. The van der Waals surface area contributed by atoms with Gasteiger partial charge in [-0.3, -0.25) is 9.59 Å². The molecule has 2 unspecified atom stereocenters. The van der Waals surface area contributed by atoms with Crippen LogP contribution in [0.1, 0.15) is 33.6 Å². The third kappa shape index (κ3) is 3.05. The fourth-order valence-electron chi connectivity index (χ4n) is 2.43. The van der Waals surface area contributed by atoms with Crippen molar-refractivity contribution in [1.82, 2.24) is 4.90 Å². The van der Waals surface area contributed by atoms with Gasteiger partial charge < -0.3 is 14.4 Å². The molecule has 0 spiro atoms. The third-order valence-corrected chi connectivity index (χ3v) is 3.36. The van der Waals surface area contributed by atoms with Crippen LogP contribution in [-0.2, 0) is 19.1 Å². The van der Waals surface area contributed by atoms with E-state index in [0.29, 0.717) is 25.9 Å². The highest BCUT2D eigenvalue weighted by atomic mass is 16.6. The topological polar surface area (TPSA) is 72.9 Å². The summed E-state index contributed by atoms with van der Waals surface area (Å²) in [5.74, 6) is -1.72. The van der Waals surface area contributed by atoms with E-state index in [4.69, 9.17) is 4.74 Å². The first-order valence-corrected chi connectivity index (χ1v) is 6.51. The molecule has 0 aromatic heterocycles. The zero-order chi connectivity index (χ0) is 14.2. The molecule has 2 aliphatic heterocycles. The number of fused-ring (bicyclic) bond motifs is 1. The van der Waals surface area contributed by atoms with Crippen molar-refractivity contribution in [3.63, 3.8) is 0 Å². The average Bonchev–Trinajstić information content (AvgIpc) is 2.48. The van der Waals surface area contributed by atoms with Crippen LogP contribution in [0.15, 0.2) is 0 Å². The minimum atomic E-state index is -0.548. The van der Waals surface area contributed by atoms with Crippen LogP contribution in [-0.4, -0.2) is 41.6 Å². The van der Waals surface area contributed by atoms with Gasteiger partial charge in [0.1, 0.15) is 5.60 Å². The Labute approximate surface area is 112 Å². The molecule has 1 amide bonds. The second-order valence-electron chi connectivity index (χ2n) is 6.00. The van der Waals surface area contributed by atoms with Gasteiger partial charge in [-0.05, 0) is 33.6 Å². The number of hydrogen-bond donors (Lipinski definition) is 0. The summed E-state index contributed by atoms with van der Waals surface area (Å²) in [5.41, 5.74) is -0.548. The fraction of sp³-hybridized carbons (Fsp3) is 0.769.